The van der Waals surface area contributed by atoms with E-state index in [9.17, 15) is 19.5 Å². The van der Waals surface area contributed by atoms with Crippen LogP contribution in [0, 0.1) is 5.92 Å². The van der Waals surface area contributed by atoms with Crippen LogP contribution < -0.4 is 14.8 Å². The van der Waals surface area contributed by atoms with Gasteiger partial charge in [-0.2, -0.15) is 0 Å². The number of ether oxygens (including phenoxy) is 4. The molecular formula is C17H22ClNO8. The number of methoxy groups -OCH3 is 1. The van der Waals surface area contributed by atoms with E-state index < -0.39 is 37.0 Å². The molecule has 0 unspecified atom stereocenters. The van der Waals surface area contributed by atoms with Crippen molar-refractivity contribution in [3.8, 4) is 11.5 Å². The molecule has 9 nitrogen and oxygen atoms in total. The van der Waals surface area contributed by atoms with Gasteiger partial charge in [0.05, 0.1) is 13.7 Å². The van der Waals surface area contributed by atoms with E-state index in [2.05, 4.69) is 5.32 Å². The van der Waals surface area contributed by atoms with Gasteiger partial charge < -0.3 is 29.4 Å². The fourth-order valence-electron chi connectivity index (χ4n) is 1.86. The summed E-state index contributed by atoms with van der Waals surface area (Å²) in [6.07, 6.45) is -3.49. The van der Waals surface area contributed by atoms with Crippen LogP contribution in [0.25, 0.3) is 0 Å². The Bertz CT molecular complexity index is 679. The predicted octanol–water partition coefficient (Wildman–Crippen LogP) is 2.45. The smallest absolute Gasteiger partial charge is 0.410 e. The molecule has 2 N–H and O–H groups in total. The zero-order valence-electron chi connectivity index (χ0n) is 15.4. The lowest BCUT2D eigenvalue weighted by Gasteiger charge is -2.22. The Morgan fingerprint density at radius 1 is 1.19 bits per heavy atom. The van der Waals surface area contributed by atoms with Gasteiger partial charge in [0, 0.05) is 23.9 Å². The average Bonchev–Trinajstić information content (AvgIpc) is 2.57. The second kappa shape index (κ2) is 10.5. The number of carboxylic acid groups (broad SMARTS) is 1. The van der Waals surface area contributed by atoms with E-state index in [4.69, 9.17) is 30.5 Å². The molecule has 0 saturated heterocycles. The average molecular weight is 404 g/mol. The first-order valence-corrected chi connectivity index (χ1v) is 8.36. The van der Waals surface area contributed by atoms with E-state index >= 15 is 0 Å². The Balaban J connectivity index is 2.73. The van der Waals surface area contributed by atoms with E-state index in [-0.39, 0.29) is 17.4 Å². The molecule has 0 aromatic heterocycles. The highest BCUT2D eigenvalue weighted by molar-refractivity contribution is 6.30. The third kappa shape index (κ3) is 7.61. The standard InChI is InChI=1S/C17H22ClNO8/c1-9(2)16(25-10(3)20)27-17(23)19-8-14(15(21)22)26-13-7-11(18)5-6-12(13)24-4/h5-7,9,14,16H,8H2,1-4H3,(H,19,23)(H,21,22)/t14-,16-/m0/s1. The van der Waals surface area contributed by atoms with Crippen LogP contribution in [0.15, 0.2) is 18.2 Å². The highest BCUT2D eigenvalue weighted by Crippen LogP contribution is 2.30. The van der Waals surface area contributed by atoms with E-state index in [0.29, 0.717) is 5.02 Å². The molecule has 1 aromatic rings. The molecule has 0 aliphatic heterocycles. The quantitative estimate of drug-likeness (QED) is 0.476. The number of rotatable bonds is 9. The largest absolute Gasteiger partial charge is 0.493 e. The summed E-state index contributed by atoms with van der Waals surface area (Å²) in [5.74, 6) is -1.84. The van der Waals surface area contributed by atoms with Gasteiger partial charge in [0.15, 0.2) is 11.5 Å². The normalized spacial score (nSPS) is 12.7. The highest BCUT2D eigenvalue weighted by atomic mass is 35.5. The van der Waals surface area contributed by atoms with E-state index in [1.54, 1.807) is 19.9 Å². The fourth-order valence-corrected chi connectivity index (χ4v) is 2.02. The molecule has 0 bridgehead atoms. The van der Waals surface area contributed by atoms with Crippen molar-refractivity contribution in [1.82, 2.24) is 5.32 Å². The molecule has 0 aliphatic rings. The summed E-state index contributed by atoms with van der Waals surface area (Å²) in [6.45, 7) is 4.16. The summed E-state index contributed by atoms with van der Waals surface area (Å²) in [4.78, 5) is 34.3. The number of aliphatic carboxylic acids is 1. The first-order valence-electron chi connectivity index (χ1n) is 7.98. The zero-order chi connectivity index (χ0) is 20.6. The van der Waals surface area contributed by atoms with Gasteiger partial charge >= 0.3 is 18.0 Å². The molecule has 1 rings (SSSR count). The van der Waals surface area contributed by atoms with Crippen LogP contribution in [0.4, 0.5) is 4.79 Å². The van der Waals surface area contributed by atoms with Gasteiger partial charge in [-0.25, -0.2) is 9.59 Å². The second-order valence-corrected chi connectivity index (χ2v) is 6.18. The van der Waals surface area contributed by atoms with E-state index in [1.165, 1.54) is 26.2 Å². The third-order valence-corrected chi connectivity index (χ3v) is 3.39. The highest BCUT2D eigenvalue weighted by Gasteiger charge is 2.25. The third-order valence-electron chi connectivity index (χ3n) is 3.15. The van der Waals surface area contributed by atoms with Gasteiger partial charge in [0.2, 0.25) is 6.10 Å². The van der Waals surface area contributed by atoms with Crippen molar-refractivity contribution in [1.29, 1.82) is 0 Å². The first kappa shape index (κ1) is 22.4. The van der Waals surface area contributed by atoms with Gasteiger partial charge in [0.25, 0.3) is 6.29 Å². The van der Waals surface area contributed by atoms with Crippen LogP contribution in [0.5, 0.6) is 11.5 Å². The van der Waals surface area contributed by atoms with E-state index in [1.807, 2.05) is 0 Å². The summed E-state index contributed by atoms with van der Waals surface area (Å²) in [6, 6.07) is 4.47. The van der Waals surface area contributed by atoms with Gasteiger partial charge in [-0.3, -0.25) is 4.79 Å². The van der Waals surface area contributed by atoms with Crippen molar-refractivity contribution in [2.75, 3.05) is 13.7 Å². The van der Waals surface area contributed by atoms with Crippen LogP contribution in [-0.4, -0.2) is 49.2 Å². The number of esters is 1. The number of amides is 1. The summed E-state index contributed by atoms with van der Waals surface area (Å²) >= 11 is 5.88. The number of nitrogens with one attached hydrogen (secondary N) is 1. The minimum Gasteiger partial charge on any atom is -0.493 e. The minimum atomic E-state index is -1.43. The van der Waals surface area contributed by atoms with Crippen molar-refractivity contribution in [3.05, 3.63) is 23.2 Å². The lowest BCUT2D eigenvalue weighted by atomic mass is 10.2. The SMILES string of the molecule is COc1ccc(Cl)cc1O[C@@H](CNC(=O)O[C@H](OC(C)=O)C(C)C)C(=O)O. The van der Waals surface area contributed by atoms with Gasteiger partial charge in [-0.05, 0) is 12.1 Å². The van der Waals surface area contributed by atoms with E-state index in [0.717, 1.165) is 0 Å². The molecule has 0 aliphatic carbocycles. The van der Waals surface area contributed by atoms with Gasteiger partial charge in [0.1, 0.15) is 0 Å². The monoisotopic (exact) mass is 403 g/mol. The molecule has 1 amide bonds. The lowest BCUT2D eigenvalue weighted by Crippen LogP contribution is -2.42. The maximum absolute atomic E-state index is 11.9. The Kier molecular flexibility index (Phi) is 8.67. The molecule has 1 aromatic carbocycles. The summed E-state index contributed by atoms with van der Waals surface area (Å²) < 4.78 is 20.3. The predicted molar refractivity (Wildman–Crippen MR) is 94.9 cm³/mol. The Labute approximate surface area is 161 Å². The number of halogens is 1. The maximum Gasteiger partial charge on any atom is 0.410 e. The van der Waals surface area contributed by atoms with Gasteiger partial charge in [-0.1, -0.05) is 25.4 Å². The summed E-state index contributed by atoms with van der Waals surface area (Å²) in [7, 11) is 1.39. The number of carbonyl (C=O) groups excluding carboxylic acids is 2. The molecule has 27 heavy (non-hydrogen) atoms. The second-order valence-electron chi connectivity index (χ2n) is 5.75. The van der Waals surface area contributed by atoms with Crippen LogP contribution in [0.1, 0.15) is 20.8 Å². The number of benzene rings is 1. The zero-order valence-corrected chi connectivity index (χ0v) is 16.1. The van der Waals surface area contributed by atoms with Crippen molar-refractivity contribution in [2.45, 2.75) is 33.2 Å². The minimum absolute atomic E-state index is 0.104. The summed E-state index contributed by atoms with van der Waals surface area (Å²) in [5.41, 5.74) is 0. The Hall–Kier alpha value is -2.68. The van der Waals surface area contributed by atoms with Crippen LogP contribution >= 0.6 is 11.6 Å². The molecule has 10 heteroatoms. The number of hydrogen-bond donors (Lipinski definition) is 2. The Morgan fingerprint density at radius 2 is 1.85 bits per heavy atom. The van der Waals surface area contributed by atoms with Crippen molar-refractivity contribution >= 4 is 29.6 Å². The van der Waals surface area contributed by atoms with Crippen LogP contribution in [-0.2, 0) is 19.1 Å². The molecular weight excluding hydrogens is 382 g/mol. The van der Waals surface area contributed by atoms with Crippen LogP contribution in [0.2, 0.25) is 5.02 Å². The molecule has 2 atom stereocenters. The maximum atomic E-state index is 11.9. The number of carboxylic acids is 1. The summed E-state index contributed by atoms with van der Waals surface area (Å²) in [5, 5.41) is 11.9. The molecule has 0 radical (unpaired) electrons. The van der Waals surface area contributed by atoms with Crippen LogP contribution in [0.3, 0.4) is 0 Å². The molecule has 0 heterocycles. The van der Waals surface area contributed by atoms with Crippen molar-refractivity contribution in [2.24, 2.45) is 5.92 Å². The fraction of sp³-hybridized carbons (Fsp3) is 0.471. The topological polar surface area (TPSA) is 120 Å². The molecule has 0 spiro atoms. The van der Waals surface area contributed by atoms with Crippen molar-refractivity contribution in [3.63, 3.8) is 0 Å². The van der Waals surface area contributed by atoms with Gasteiger partial charge in [-0.15, -0.1) is 0 Å². The number of hydrogen-bond acceptors (Lipinski definition) is 7. The molecule has 0 fully saturated rings. The molecule has 0 saturated carbocycles. The first-order chi connectivity index (χ1) is 12.6. The number of carbonyl (C=O) groups is 3. The number of alkyl carbamates (subject to hydrolysis) is 1. The van der Waals surface area contributed by atoms with Crippen molar-refractivity contribution < 1.29 is 38.4 Å². The molecule has 150 valence electrons. The lowest BCUT2D eigenvalue weighted by molar-refractivity contribution is -0.172. The Morgan fingerprint density at radius 3 is 2.37 bits per heavy atom.